The molecule has 0 aliphatic heterocycles. The third kappa shape index (κ3) is 2.27. The zero-order chi connectivity index (χ0) is 10.7. The van der Waals surface area contributed by atoms with Gasteiger partial charge >= 0.3 is 0 Å². The lowest BCUT2D eigenvalue weighted by Crippen LogP contribution is -2.10. The summed E-state index contributed by atoms with van der Waals surface area (Å²) in [5.41, 5.74) is 0.985. The van der Waals surface area contributed by atoms with E-state index in [9.17, 15) is 0 Å². The van der Waals surface area contributed by atoms with Crippen molar-refractivity contribution in [3.05, 3.63) is 36.4 Å². The van der Waals surface area contributed by atoms with Crippen LogP contribution in [-0.4, -0.2) is 11.1 Å². The fourth-order valence-corrected chi connectivity index (χ4v) is 1.40. The van der Waals surface area contributed by atoms with Gasteiger partial charge in [-0.3, -0.25) is 0 Å². The van der Waals surface area contributed by atoms with Crippen molar-refractivity contribution >= 4 is 10.9 Å². The summed E-state index contributed by atoms with van der Waals surface area (Å²) in [6, 6.07) is 12.0. The molecule has 0 spiro atoms. The topological polar surface area (TPSA) is 22.1 Å². The Morgan fingerprint density at radius 1 is 1.20 bits per heavy atom. The second-order valence-electron chi connectivity index (χ2n) is 3.68. The first-order valence-corrected chi connectivity index (χ1v) is 5.32. The Hall–Kier alpha value is -1.57. The van der Waals surface area contributed by atoms with Gasteiger partial charge in [0.05, 0.1) is 11.6 Å². The van der Waals surface area contributed by atoms with Crippen LogP contribution < -0.4 is 4.74 Å². The Morgan fingerprint density at radius 2 is 2.00 bits per heavy atom. The highest BCUT2D eigenvalue weighted by Gasteiger charge is 2.02. The van der Waals surface area contributed by atoms with Crippen molar-refractivity contribution in [2.45, 2.75) is 26.4 Å². The number of pyridine rings is 1. The van der Waals surface area contributed by atoms with Crippen molar-refractivity contribution in [3.63, 3.8) is 0 Å². The lowest BCUT2D eigenvalue weighted by molar-refractivity contribution is 0.209. The minimum absolute atomic E-state index is 0.221. The number of para-hydroxylation sites is 1. The number of rotatable bonds is 3. The highest BCUT2D eigenvalue weighted by atomic mass is 16.5. The smallest absolute Gasteiger partial charge is 0.214 e. The summed E-state index contributed by atoms with van der Waals surface area (Å²) in [7, 11) is 0. The van der Waals surface area contributed by atoms with Crippen molar-refractivity contribution in [2.24, 2.45) is 0 Å². The van der Waals surface area contributed by atoms with Gasteiger partial charge in [0, 0.05) is 11.5 Å². The molecule has 0 bridgehead atoms. The lowest BCUT2D eigenvalue weighted by atomic mass is 10.2. The van der Waals surface area contributed by atoms with Crippen LogP contribution in [0.15, 0.2) is 36.4 Å². The van der Waals surface area contributed by atoms with E-state index in [1.165, 1.54) is 0 Å². The fraction of sp³-hybridized carbons (Fsp3) is 0.308. The maximum atomic E-state index is 5.66. The van der Waals surface area contributed by atoms with Gasteiger partial charge in [-0.2, -0.15) is 0 Å². The quantitative estimate of drug-likeness (QED) is 0.759. The minimum atomic E-state index is 0.221. The average molecular weight is 201 g/mol. The van der Waals surface area contributed by atoms with Crippen LogP contribution in [0.1, 0.15) is 20.3 Å². The van der Waals surface area contributed by atoms with Gasteiger partial charge in [0.2, 0.25) is 5.88 Å². The highest BCUT2D eigenvalue weighted by molar-refractivity contribution is 5.78. The van der Waals surface area contributed by atoms with Gasteiger partial charge in [-0.1, -0.05) is 25.1 Å². The number of nitrogens with zero attached hydrogens (tertiary/aromatic N) is 1. The third-order valence-corrected chi connectivity index (χ3v) is 2.47. The van der Waals surface area contributed by atoms with Crippen molar-refractivity contribution in [1.82, 2.24) is 4.98 Å². The molecule has 2 aromatic rings. The lowest BCUT2D eigenvalue weighted by Gasteiger charge is -2.11. The molecule has 0 saturated carbocycles. The largest absolute Gasteiger partial charge is 0.475 e. The summed E-state index contributed by atoms with van der Waals surface area (Å²) in [5, 5.41) is 1.15. The van der Waals surface area contributed by atoms with E-state index in [1.54, 1.807) is 0 Å². The summed E-state index contributed by atoms with van der Waals surface area (Å²) in [5.74, 6) is 0.711. The maximum absolute atomic E-state index is 5.66. The van der Waals surface area contributed by atoms with Crippen LogP contribution in [0.25, 0.3) is 10.9 Å². The van der Waals surface area contributed by atoms with Gasteiger partial charge in [0.1, 0.15) is 0 Å². The van der Waals surface area contributed by atoms with Crippen LogP contribution >= 0.6 is 0 Å². The molecule has 0 fully saturated rings. The summed E-state index contributed by atoms with van der Waals surface area (Å²) in [4.78, 5) is 4.44. The van der Waals surface area contributed by atoms with Crippen LogP contribution in [0.4, 0.5) is 0 Å². The van der Waals surface area contributed by atoms with Crippen molar-refractivity contribution in [1.29, 1.82) is 0 Å². The Balaban J connectivity index is 2.30. The van der Waals surface area contributed by atoms with Crippen molar-refractivity contribution < 1.29 is 4.74 Å². The van der Waals surface area contributed by atoms with Crippen LogP contribution in [-0.2, 0) is 0 Å². The van der Waals surface area contributed by atoms with E-state index in [1.807, 2.05) is 30.3 Å². The van der Waals surface area contributed by atoms with E-state index in [4.69, 9.17) is 4.74 Å². The summed E-state index contributed by atoms with van der Waals surface area (Å²) in [6.07, 6.45) is 1.22. The molecule has 2 heteroatoms. The van der Waals surface area contributed by atoms with Gasteiger partial charge < -0.3 is 4.74 Å². The normalized spacial score (nSPS) is 12.7. The SMILES string of the molecule is CCC(C)Oc1ccc2ccccc2n1. The first kappa shape index (κ1) is 9.97. The summed E-state index contributed by atoms with van der Waals surface area (Å²) >= 11 is 0. The molecular formula is C13H15NO. The fourth-order valence-electron chi connectivity index (χ4n) is 1.40. The Morgan fingerprint density at radius 3 is 2.80 bits per heavy atom. The minimum Gasteiger partial charge on any atom is -0.475 e. The van der Waals surface area contributed by atoms with E-state index in [-0.39, 0.29) is 6.10 Å². The summed E-state index contributed by atoms with van der Waals surface area (Å²) in [6.45, 7) is 4.16. The molecule has 0 radical (unpaired) electrons. The second kappa shape index (κ2) is 4.30. The monoisotopic (exact) mass is 201 g/mol. The van der Waals surface area contributed by atoms with E-state index in [0.717, 1.165) is 17.3 Å². The molecule has 15 heavy (non-hydrogen) atoms. The molecule has 1 heterocycles. The molecule has 78 valence electrons. The van der Waals surface area contributed by atoms with E-state index in [0.29, 0.717) is 5.88 Å². The number of fused-ring (bicyclic) bond motifs is 1. The van der Waals surface area contributed by atoms with Crippen LogP contribution in [0, 0.1) is 0 Å². The molecule has 2 rings (SSSR count). The van der Waals surface area contributed by atoms with Crippen LogP contribution in [0.3, 0.4) is 0 Å². The Kier molecular flexibility index (Phi) is 2.86. The number of aromatic nitrogens is 1. The van der Waals surface area contributed by atoms with Gasteiger partial charge in [-0.25, -0.2) is 4.98 Å². The molecule has 1 atom stereocenters. The maximum Gasteiger partial charge on any atom is 0.214 e. The standard InChI is InChI=1S/C13H15NO/c1-3-10(2)15-13-9-8-11-6-4-5-7-12(11)14-13/h4-10H,3H2,1-2H3. The molecule has 0 N–H and O–H groups in total. The molecule has 0 aliphatic carbocycles. The zero-order valence-electron chi connectivity index (χ0n) is 9.10. The highest BCUT2D eigenvalue weighted by Crippen LogP contribution is 2.17. The zero-order valence-corrected chi connectivity index (χ0v) is 9.10. The molecular weight excluding hydrogens is 186 g/mol. The van der Waals surface area contributed by atoms with E-state index in [2.05, 4.69) is 24.9 Å². The number of ether oxygens (including phenoxy) is 1. The molecule has 0 saturated heterocycles. The number of benzene rings is 1. The summed E-state index contributed by atoms with van der Waals surface area (Å²) < 4.78 is 5.66. The van der Waals surface area contributed by atoms with Gasteiger partial charge in [0.15, 0.2) is 0 Å². The number of hydrogen-bond donors (Lipinski definition) is 0. The molecule has 1 aromatic heterocycles. The molecule has 0 amide bonds. The van der Waals surface area contributed by atoms with Crippen molar-refractivity contribution in [2.75, 3.05) is 0 Å². The number of hydrogen-bond acceptors (Lipinski definition) is 2. The van der Waals surface area contributed by atoms with Gasteiger partial charge in [-0.15, -0.1) is 0 Å². The molecule has 2 nitrogen and oxygen atoms in total. The second-order valence-corrected chi connectivity index (χ2v) is 3.68. The predicted octanol–water partition coefficient (Wildman–Crippen LogP) is 3.41. The van der Waals surface area contributed by atoms with Gasteiger partial charge in [0.25, 0.3) is 0 Å². The van der Waals surface area contributed by atoms with Crippen molar-refractivity contribution in [3.8, 4) is 5.88 Å². The van der Waals surface area contributed by atoms with E-state index < -0.39 is 0 Å². The molecule has 1 aromatic carbocycles. The third-order valence-electron chi connectivity index (χ3n) is 2.47. The Bertz CT molecular complexity index is 453. The average Bonchev–Trinajstić information content (AvgIpc) is 2.29. The molecule has 0 aliphatic rings. The van der Waals surface area contributed by atoms with Gasteiger partial charge in [-0.05, 0) is 25.5 Å². The predicted molar refractivity (Wildman–Crippen MR) is 62.1 cm³/mol. The first-order valence-electron chi connectivity index (χ1n) is 5.32. The van der Waals surface area contributed by atoms with Crippen LogP contribution in [0.5, 0.6) is 5.88 Å². The van der Waals surface area contributed by atoms with Crippen LogP contribution in [0.2, 0.25) is 0 Å². The Labute approximate surface area is 89.9 Å². The molecule has 1 unspecified atom stereocenters. The first-order chi connectivity index (χ1) is 7.29. The van der Waals surface area contributed by atoms with E-state index >= 15 is 0 Å².